The van der Waals surface area contributed by atoms with Gasteiger partial charge in [0.15, 0.2) is 0 Å². The van der Waals surface area contributed by atoms with E-state index in [2.05, 4.69) is 15.3 Å². The molecule has 3 N–H and O–H groups in total. The van der Waals surface area contributed by atoms with Gasteiger partial charge in [0.25, 0.3) is 0 Å². The number of amides is 1. The van der Waals surface area contributed by atoms with Crippen LogP contribution in [0.2, 0.25) is 0 Å². The van der Waals surface area contributed by atoms with E-state index in [9.17, 15) is 9.90 Å². The van der Waals surface area contributed by atoms with Crippen LogP contribution in [0.15, 0.2) is 24.3 Å². The molecule has 0 bridgehead atoms. The molecule has 106 valence electrons. The molecule has 1 heterocycles. The normalized spacial score (nSPS) is 18.1. The molecule has 1 aromatic heterocycles. The van der Waals surface area contributed by atoms with Crippen molar-refractivity contribution in [2.75, 3.05) is 5.32 Å². The number of hydrogen-bond donors (Lipinski definition) is 3. The first-order valence-electron chi connectivity index (χ1n) is 7.12. The summed E-state index contributed by atoms with van der Waals surface area (Å²) in [5, 5.41) is 13.1. The Balaban J connectivity index is 1.66. The van der Waals surface area contributed by atoms with Crippen LogP contribution in [0, 0.1) is 0 Å². The summed E-state index contributed by atoms with van der Waals surface area (Å²) in [5.74, 6) is 0.254. The molecule has 2 aromatic rings. The number of carbonyl (C=O) groups is 1. The van der Waals surface area contributed by atoms with Crippen LogP contribution in [0.1, 0.15) is 38.5 Å². The molecule has 0 atom stereocenters. The van der Waals surface area contributed by atoms with Crippen molar-refractivity contribution in [2.24, 2.45) is 0 Å². The van der Waals surface area contributed by atoms with E-state index in [-0.39, 0.29) is 12.3 Å². The summed E-state index contributed by atoms with van der Waals surface area (Å²) in [5.41, 5.74) is 0.868. The standard InChI is InChI=1S/C15H19N3O2/c19-13(10-15(20)8-4-1-5-9-15)18-14-16-11-6-2-3-7-12(11)17-14/h2-3,6-7,20H,1,4-5,8-10H2,(H2,16,17,18,19). The van der Waals surface area contributed by atoms with Crippen LogP contribution in [-0.4, -0.2) is 26.6 Å². The number of carbonyl (C=O) groups excluding carboxylic acids is 1. The number of nitrogens with one attached hydrogen (secondary N) is 2. The molecule has 1 aliphatic rings. The monoisotopic (exact) mass is 273 g/mol. The highest BCUT2D eigenvalue weighted by Gasteiger charge is 2.31. The van der Waals surface area contributed by atoms with Crippen molar-refractivity contribution in [3.05, 3.63) is 24.3 Å². The Morgan fingerprint density at radius 1 is 1.30 bits per heavy atom. The van der Waals surface area contributed by atoms with Gasteiger partial charge in [-0.3, -0.25) is 10.1 Å². The summed E-state index contributed by atoms with van der Waals surface area (Å²) in [6.07, 6.45) is 4.70. The van der Waals surface area contributed by atoms with Crippen LogP contribution >= 0.6 is 0 Å². The lowest BCUT2D eigenvalue weighted by Crippen LogP contribution is -2.36. The number of fused-ring (bicyclic) bond motifs is 1. The van der Waals surface area contributed by atoms with Gasteiger partial charge >= 0.3 is 0 Å². The molecule has 0 saturated heterocycles. The van der Waals surface area contributed by atoms with Crippen molar-refractivity contribution in [3.8, 4) is 0 Å². The smallest absolute Gasteiger partial charge is 0.229 e. The van der Waals surface area contributed by atoms with Crippen molar-refractivity contribution in [1.29, 1.82) is 0 Å². The Kier molecular flexibility index (Phi) is 3.44. The van der Waals surface area contributed by atoms with Crippen molar-refractivity contribution in [2.45, 2.75) is 44.1 Å². The number of hydrogen-bond acceptors (Lipinski definition) is 3. The topological polar surface area (TPSA) is 78.0 Å². The average molecular weight is 273 g/mol. The van der Waals surface area contributed by atoms with Gasteiger partial charge in [0.2, 0.25) is 11.9 Å². The number of H-pyrrole nitrogens is 1. The van der Waals surface area contributed by atoms with E-state index in [0.29, 0.717) is 18.8 Å². The maximum absolute atomic E-state index is 12.0. The van der Waals surface area contributed by atoms with E-state index in [0.717, 1.165) is 30.3 Å². The zero-order valence-electron chi connectivity index (χ0n) is 11.4. The number of aromatic amines is 1. The largest absolute Gasteiger partial charge is 0.389 e. The van der Waals surface area contributed by atoms with E-state index in [1.165, 1.54) is 0 Å². The number of aromatic nitrogens is 2. The van der Waals surface area contributed by atoms with E-state index in [1.807, 2.05) is 24.3 Å². The number of benzene rings is 1. The molecule has 1 aliphatic carbocycles. The van der Waals surface area contributed by atoms with Gasteiger partial charge in [-0.2, -0.15) is 0 Å². The number of rotatable bonds is 3. The predicted octanol–water partition coefficient (Wildman–Crippen LogP) is 2.59. The predicted molar refractivity (Wildman–Crippen MR) is 77.4 cm³/mol. The lowest BCUT2D eigenvalue weighted by molar-refractivity contribution is -0.122. The molecule has 1 fully saturated rings. The van der Waals surface area contributed by atoms with Gasteiger partial charge < -0.3 is 10.1 Å². The Labute approximate surface area is 117 Å². The van der Waals surface area contributed by atoms with Crippen molar-refractivity contribution in [3.63, 3.8) is 0 Å². The maximum Gasteiger partial charge on any atom is 0.229 e. The van der Waals surface area contributed by atoms with E-state index < -0.39 is 5.60 Å². The zero-order valence-corrected chi connectivity index (χ0v) is 11.4. The fourth-order valence-electron chi connectivity index (χ4n) is 2.87. The highest BCUT2D eigenvalue weighted by molar-refractivity contribution is 5.91. The van der Waals surface area contributed by atoms with Crippen molar-refractivity contribution in [1.82, 2.24) is 9.97 Å². The lowest BCUT2D eigenvalue weighted by atomic mass is 9.82. The second kappa shape index (κ2) is 5.25. The molecule has 5 heteroatoms. The van der Waals surface area contributed by atoms with Gasteiger partial charge in [-0.05, 0) is 25.0 Å². The first kappa shape index (κ1) is 13.1. The van der Waals surface area contributed by atoms with Crippen LogP contribution in [-0.2, 0) is 4.79 Å². The van der Waals surface area contributed by atoms with Crippen LogP contribution < -0.4 is 5.32 Å². The second-order valence-corrected chi connectivity index (χ2v) is 5.61. The number of aliphatic hydroxyl groups is 1. The fourth-order valence-corrected chi connectivity index (χ4v) is 2.87. The summed E-state index contributed by atoms with van der Waals surface area (Å²) in [4.78, 5) is 19.4. The fraction of sp³-hybridized carbons (Fsp3) is 0.467. The number of imidazole rings is 1. The minimum absolute atomic E-state index is 0.143. The summed E-state index contributed by atoms with van der Waals surface area (Å²) in [6, 6.07) is 7.61. The van der Waals surface area contributed by atoms with E-state index >= 15 is 0 Å². The summed E-state index contributed by atoms with van der Waals surface area (Å²) in [6.45, 7) is 0. The van der Waals surface area contributed by atoms with E-state index in [1.54, 1.807) is 0 Å². The van der Waals surface area contributed by atoms with Crippen molar-refractivity contribution < 1.29 is 9.90 Å². The van der Waals surface area contributed by atoms with Gasteiger partial charge in [-0.15, -0.1) is 0 Å². The molecule has 1 aromatic carbocycles. The molecule has 0 radical (unpaired) electrons. The molecule has 0 unspecified atom stereocenters. The zero-order chi connectivity index (χ0) is 14.0. The van der Waals surface area contributed by atoms with Crippen molar-refractivity contribution >= 4 is 22.9 Å². The third-order valence-corrected chi connectivity index (χ3v) is 3.92. The molecule has 0 spiro atoms. The number of anilines is 1. The van der Waals surface area contributed by atoms with Crippen LogP contribution in [0.3, 0.4) is 0 Å². The molecule has 1 saturated carbocycles. The highest BCUT2D eigenvalue weighted by atomic mass is 16.3. The first-order valence-corrected chi connectivity index (χ1v) is 7.12. The quantitative estimate of drug-likeness (QED) is 0.804. The second-order valence-electron chi connectivity index (χ2n) is 5.61. The summed E-state index contributed by atoms with van der Waals surface area (Å²) < 4.78 is 0. The van der Waals surface area contributed by atoms with Gasteiger partial charge in [0.05, 0.1) is 23.1 Å². The lowest BCUT2D eigenvalue weighted by Gasteiger charge is -2.31. The Hall–Kier alpha value is -1.88. The molecule has 5 nitrogen and oxygen atoms in total. The minimum Gasteiger partial charge on any atom is -0.389 e. The Morgan fingerprint density at radius 2 is 2.05 bits per heavy atom. The summed E-state index contributed by atoms with van der Waals surface area (Å²) >= 11 is 0. The van der Waals surface area contributed by atoms with Crippen LogP contribution in [0.25, 0.3) is 11.0 Å². The molecule has 0 aliphatic heterocycles. The summed E-state index contributed by atoms with van der Waals surface area (Å²) in [7, 11) is 0. The van der Waals surface area contributed by atoms with E-state index in [4.69, 9.17) is 0 Å². The molecule has 20 heavy (non-hydrogen) atoms. The third kappa shape index (κ3) is 2.82. The van der Waals surface area contributed by atoms with Gasteiger partial charge in [0, 0.05) is 0 Å². The average Bonchev–Trinajstić information content (AvgIpc) is 2.80. The molecule has 1 amide bonds. The van der Waals surface area contributed by atoms with Gasteiger partial charge in [0.1, 0.15) is 0 Å². The van der Waals surface area contributed by atoms with Gasteiger partial charge in [-0.25, -0.2) is 4.98 Å². The highest BCUT2D eigenvalue weighted by Crippen LogP contribution is 2.31. The third-order valence-electron chi connectivity index (χ3n) is 3.92. The minimum atomic E-state index is -0.839. The maximum atomic E-state index is 12.0. The van der Waals surface area contributed by atoms with Crippen LogP contribution in [0.5, 0.6) is 0 Å². The Bertz CT molecular complexity index is 581. The Morgan fingerprint density at radius 3 is 2.80 bits per heavy atom. The number of para-hydroxylation sites is 2. The first-order chi connectivity index (χ1) is 9.65. The molecular formula is C15H19N3O2. The SMILES string of the molecule is O=C(CC1(O)CCCCC1)Nc1nc2ccccc2[nH]1. The molecular weight excluding hydrogens is 254 g/mol. The van der Waals surface area contributed by atoms with Crippen LogP contribution in [0.4, 0.5) is 5.95 Å². The number of nitrogens with zero attached hydrogens (tertiary/aromatic N) is 1. The van der Waals surface area contributed by atoms with Gasteiger partial charge in [-0.1, -0.05) is 31.4 Å². The molecule has 3 rings (SSSR count).